The molecule has 0 aliphatic heterocycles. The molecule has 1 amide bonds. The summed E-state index contributed by atoms with van der Waals surface area (Å²) in [6, 6.07) is 11.3. The summed E-state index contributed by atoms with van der Waals surface area (Å²) in [5.41, 5.74) is -0.456. The van der Waals surface area contributed by atoms with Crippen molar-refractivity contribution in [1.82, 2.24) is 10.1 Å². The first-order valence-corrected chi connectivity index (χ1v) is 11.1. The molecule has 32 heavy (non-hydrogen) atoms. The van der Waals surface area contributed by atoms with Gasteiger partial charge in [-0.1, -0.05) is 54.8 Å². The maximum Gasteiger partial charge on any atom is 0.280 e. The second-order valence-corrected chi connectivity index (χ2v) is 9.28. The molecule has 1 aliphatic rings. The van der Waals surface area contributed by atoms with Crippen LogP contribution in [0, 0.1) is 5.92 Å². The highest BCUT2D eigenvalue weighted by Crippen LogP contribution is 2.43. The molecule has 8 nitrogen and oxygen atoms in total. The Kier molecular flexibility index (Phi) is 6.43. The number of aliphatic hydroxyl groups is 1. The summed E-state index contributed by atoms with van der Waals surface area (Å²) >= 11 is 0. The molecule has 1 unspecified atom stereocenters. The maximum absolute atomic E-state index is 12.4. The maximum atomic E-state index is 12.4. The van der Waals surface area contributed by atoms with Crippen LogP contribution < -0.4 is 5.32 Å². The van der Waals surface area contributed by atoms with Gasteiger partial charge in [0.1, 0.15) is 12.8 Å². The highest BCUT2D eigenvalue weighted by atomic mass is 16.5. The smallest absolute Gasteiger partial charge is 0.280 e. The molecule has 2 N–H and O–H groups in total. The van der Waals surface area contributed by atoms with Crippen molar-refractivity contribution in [3.8, 4) is 0 Å². The third-order valence-electron chi connectivity index (χ3n) is 6.15. The fourth-order valence-corrected chi connectivity index (χ4v) is 4.63. The largest absolute Gasteiger partial charge is 0.436 e. The van der Waals surface area contributed by atoms with Gasteiger partial charge in [0.2, 0.25) is 5.89 Å². The molecule has 0 radical (unpaired) electrons. The fourth-order valence-electron chi connectivity index (χ4n) is 4.63. The van der Waals surface area contributed by atoms with Crippen molar-refractivity contribution in [1.29, 1.82) is 0 Å². The Balaban J connectivity index is 1.52. The molecule has 2 aromatic heterocycles. The number of oxazole rings is 1. The first kappa shape index (κ1) is 22.2. The van der Waals surface area contributed by atoms with Crippen LogP contribution in [0.4, 0.5) is 5.82 Å². The molecule has 4 rings (SSSR count). The van der Waals surface area contributed by atoms with Crippen LogP contribution in [-0.2, 0) is 16.9 Å². The van der Waals surface area contributed by atoms with Gasteiger partial charge in [-0.3, -0.25) is 4.79 Å². The van der Waals surface area contributed by atoms with Crippen LogP contribution in [0.1, 0.15) is 49.3 Å². The van der Waals surface area contributed by atoms with Crippen molar-refractivity contribution in [3.63, 3.8) is 0 Å². The Labute approximate surface area is 187 Å². The third-order valence-corrected chi connectivity index (χ3v) is 6.15. The molecule has 170 valence electrons. The Morgan fingerprint density at radius 3 is 2.62 bits per heavy atom. The summed E-state index contributed by atoms with van der Waals surface area (Å²) in [4.78, 5) is 16.9. The van der Waals surface area contributed by atoms with Gasteiger partial charge in [-0.05, 0) is 18.4 Å². The Bertz CT molecular complexity index is 1010. The summed E-state index contributed by atoms with van der Waals surface area (Å²) < 4.78 is 11.2. The first-order chi connectivity index (χ1) is 15.4. The van der Waals surface area contributed by atoms with Crippen LogP contribution in [0.15, 0.2) is 57.8 Å². The van der Waals surface area contributed by atoms with Crippen LogP contribution in [-0.4, -0.2) is 46.3 Å². The van der Waals surface area contributed by atoms with Gasteiger partial charge in [0.25, 0.3) is 5.91 Å². The number of nitrogens with zero attached hydrogens (tertiary/aromatic N) is 3. The lowest BCUT2D eigenvalue weighted by Crippen LogP contribution is -2.44. The van der Waals surface area contributed by atoms with Crippen molar-refractivity contribution in [2.24, 2.45) is 5.92 Å². The quantitative estimate of drug-likeness (QED) is 0.519. The molecule has 1 fully saturated rings. The zero-order chi connectivity index (χ0) is 22.6. The lowest BCUT2D eigenvalue weighted by atomic mass is 9.73. The van der Waals surface area contributed by atoms with E-state index in [9.17, 15) is 9.90 Å². The van der Waals surface area contributed by atoms with Crippen LogP contribution in [0.5, 0.6) is 0 Å². The van der Waals surface area contributed by atoms with E-state index >= 15 is 0 Å². The molecule has 1 aromatic carbocycles. The van der Waals surface area contributed by atoms with E-state index in [0.717, 1.165) is 31.2 Å². The monoisotopic (exact) mass is 439 g/mol. The van der Waals surface area contributed by atoms with Gasteiger partial charge >= 0.3 is 0 Å². The van der Waals surface area contributed by atoms with Gasteiger partial charge < -0.3 is 23.8 Å². The number of amides is 1. The standard InChI is InChI=1S/C24H30N4O4/c1-28(2,17-22(29)26-21-13-14-31-27-21)16-20-15-25-23(32-20)24(30,18-9-5-3-6-10-18)19-11-7-4-8-12-19/h3,5-6,9-10,13-15,19,30H,4,7-8,11-12,16-17H2,1-2H3/p+1. The van der Waals surface area contributed by atoms with E-state index in [-0.39, 0.29) is 18.4 Å². The minimum absolute atomic E-state index is 0.0564. The predicted octanol–water partition coefficient (Wildman–Crippen LogP) is 3.69. The van der Waals surface area contributed by atoms with Crippen LogP contribution in [0.3, 0.4) is 0 Å². The fraction of sp³-hybridized carbons (Fsp3) is 0.458. The molecular weight excluding hydrogens is 408 g/mol. The highest BCUT2D eigenvalue weighted by molar-refractivity contribution is 5.90. The third kappa shape index (κ3) is 4.92. The second-order valence-electron chi connectivity index (χ2n) is 9.28. The zero-order valence-electron chi connectivity index (χ0n) is 18.7. The number of aromatic nitrogens is 2. The topological polar surface area (TPSA) is 101 Å². The van der Waals surface area contributed by atoms with Crippen LogP contribution in [0.25, 0.3) is 0 Å². The lowest BCUT2D eigenvalue weighted by Gasteiger charge is -2.36. The van der Waals surface area contributed by atoms with E-state index in [1.165, 1.54) is 12.7 Å². The van der Waals surface area contributed by atoms with Crippen molar-refractivity contribution in [3.05, 3.63) is 66.1 Å². The number of hydrogen-bond acceptors (Lipinski definition) is 6. The summed E-state index contributed by atoms with van der Waals surface area (Å²) in [7, 11) is 3.88. The van der Waals surface area contributed by atoms with E-state index in [4.69, 9.17) is 8.94 Å². The highest BCUT2D eigenvalue weighted by Gasteiger charge is 2.44. The first-order valence-electron chi connectivity index (χ1n) is 11.1. The van der Waals surface area contributed by atoms with Gasteiger partial charge in [-0.25, -0.2) is 4.98 Å². The van der Waals surface area contributed by atoms with E-state index in [0.29, 0.717) is 28.5 Å². The molecular formula is C24H31N4O4+. The molecule has 2 heterocycles. The average molecular weight is 440 g/mol. The summed E-state index contributed by atoms with van der Waals surface area (Å²) in [6.07, 6.45) is 8.34. The van der Waals surface area contributed by atoms with Gasteiger partial charge in [-0.15, -0.1) is 0 Å². The number of anilines is 1. The number of nitrogens with one attached hydrogen (secondary N) is 1. The molecule has 0 bridgehead atoms. The number of rotatable bonds is 8. The van der Waals surface area contributed by atoms with E-state index in [2.05, 4.69) is 15.5 Å². The molecule has 1 aliphatic carbocycles. The number of hydrogen-bond donors (Lipinski definition) is 2. The number of benzene rings is 1. The normalized spacial score (nSPS) is 17.1. The Hall–Kier alpha value is -2.97. The Morgan fingerprint density at radius 2 is 1.94 bits per heavy atom. The number of carbonyl (C=O) groups is 1. The van der Waals surface area contributed by atoms with Crippen molar-refractivity contribution >= 4 is 11.7 Å². The number of likely N-dealkylation sites (N-methyl/N-ethyl adjacent to an activating group) is 1. The van der Waals surface area contributed by atoms with Crippen molar-refractivity contribution < 1.29 is 23.3 Å². The summed E-state index contributed by atoms with van der Waals surface area (Å²) in [6.45, 7) is 0.670. The van der Waals surface area contributed by atoms with Gasteiger partial charge in [0.15, 0.2) is 23.7 Å². The van der Waals surface area contributed by atoms with Gasteiger partial charge in [-0.2, -0.15) is 0 Å². The molecule has 1 atom stereocenters. The van der Waals surface area contributed by atoms with E-state index in [1.807, 2.05) is 44.4 Å². The van der Waals surface area contributed by atoms with Crippen LogP contribution in [0.2, 0.25) is 0 Å². The zero-order valence-corrected chi connectivity index (χ0v) is 18.7. The average Bonchev–Trinajstić information content (AvgIpc) is 3.46. The predicted molar refractivity (Wildman–Crippen MR) is 118 cm³/mol. The second kappa shape index (κ2) is 9.26. The van der Waals surface area contributed by atoms with Crippen LogP contribution >= 0.6 is 0 Å². The van der Waals surface area contributed by atoms with Gasteiger partial charge in [0, 0.05) is 12.0 Å². The Morgan fingerprint density at radius 1 is 1.19 bits per heavy atom. The molecule has 3 aromatic rings. The molecule has 1 saturated carbocycles. The van der Waals surface area contributed by atoms with E-state index in [1.54, 1.807) is 12.3 Å². The van der Waals surface area contributed by atoms with Gasteiger partial charge in [0.05, 0.1) is 20.3 Å². The SMILES string of the molecule is C[N+](C)(CC(=O)Nc1ccon1)Cc1cnc(C(O)(c2ccccc2)C2CCCCC2)o1. The van der Waals surface area contributed by atoms with E-state index < -0.39 is 5.60 Å². The molecule has 0 spiro atoms. The number of quaternary nitrogens is 1. The molecule has 8 heteroatoms. The minimum atomic E-state index is -1.26. The van der Waals surface area contributed by atoms with Crippen molar-refractivity contribution in [2.45, 2.75) is 44.2 Å². The molecule has 0 saturated heterocycles. The summed E-state index contributed by atoms with van der Waals surface area (Å²) in [5, 5.41) is 18.4. The summed E-state index contributed by atoms with van der Waals surface area (Å²) in [5.74, 6) is 1.23. The van der Waals surface area contributed by atoms with Crippen molar-refractivity contribution in [2.75, 3.05) is 26.0 Å². The number of carbonyl (C=O) groups excluding carboxylic acids is 1. The minimum Gasteiger partial charge on any atom is -0.436 e. The lowest BCUT2D eigenvalue weighted by molar-refractivity contribution is -0.896.